The van der Waals surface area contributed by atoms with E-state index in [1.807, 2.05) is 55.6 Å². The number of benzene rings is 3. The van der Waals surface area contributed by atoms with Gasteiger partial charge in [-0.25, -0.2) is 12.7 Å². The molecule has 0 aliphatic rings. The van der Waals surface area contributed by atoms with Gasteiger partial charge in [-0.2, -0.15) is 0 Å². The number of aromatic nitrogens is 1. The van der Waals surface area contributed by atoms with E-state index in [9.17, 15) is 8.42 Å². The number of hydrogen-bond donors (Lipinski definition) is 0. The smallest absolute Gasteiger partial charge is 0.242 e. The van der Waals surface area contributed by atoms with Gasteiger partial charge in [-0.15, -0.1) is 0 Å². The van der Waals surface area contributed by atoms with Crippen LogP contribution < -0.4 is 4.74 Å². The van der Waals surface area contributed by atoms with E-state index in [0.29, 0.717) is 16.5 Å². The predicted molar refractivity (Wildman–Crippen MR) is 124 cm³/mol. The Morgan fingerprint density at radius 3 is 2.35 bits per heavy atom. The van der Waals surface area contributed by atoms with E-state index in [1.165, 1.54) is 30.5 Å². The van der Waals surface area contributed by atoms with Gasteiger partial charge < -0.3 is 4.74 Å². The van der Waals surface area contributed by atoms with E-state index in [4.69, 9.17) is 16.3 Å². The minimum atomic E-state index is -3.48. The molecule has 158 valence electrons. The molecule has 5 nitrogen and oxygen atoms in total. The van der Waals surface area contributed by atoms with E-state index in [1.54, 1.807) is 12.1 Å². The molecule has 0 bridgehead atoms. The Morgan fingerprint density at radius 1 is 0.935 bits per heavy atom. The van der Waals surface area contributed by atoms with Crippen molar-refractivity contribution in [3.8, 4) is 22.6 Å². The molecule has 0 N–H and O–H groups in total. The van der Waals surface area contributed by atoms with Crippen molar-refractivity contribution < 1.29 is 13.2 Å². The van der Waals surface area contributed by atoms with Gasteiger partial charge in [0.25, 0.3) is 0 Å². The second kappa shape index (κ2) is 8.30. The lowest BCUT2D eigenvalue weighted by Crippen LogP contribution is -2.22. The van der Waals surface area contributed by atoms with E-state index < -0.39 is 10.0 Å². The van der Waals surface area contributed by atoms with Crippen LogP contribution in [-0.2, 0) is 10.0 Å². The Kier molecular flexibility index (Phi) is 5.71. The zero-order chi connectivity index (χ0) is 22.2. The number of nitrogens with zero attached hydrogens (tertiary/aromatic N) is 2. The standard InChI is InChI=1S/C24H21ClN2O3S/c1-16-15-26-24-21(8-5-9-22(24)25)23(16)17-6-4-7-19(14-17)30-18-10-12-20(13-11-18)31(28,29)27(2)3/h4-15H,1-3H3. The second-order valence-electron chi connectivity index (χ2n) is 7.34. The molecule has 0 saturated carbocycles. The summed E-state index contributed by atoms with van der Waals surface area (Å²) in [6, 6.07) is 19.9. The first-order chi connectivity index (χ1) is 14.8. The molecule has 7 heteroatoms. The first kappa shape index (κ1) is 21.3. The molecule has 0 spiro atoms. The molecule has 0 atom stereocenters. The molecule has 1 aromatic heterocycles. The highest BCUT2D eigenvalue weighted by molar-refractivity contribution is 7.89. The number of hydrogen-bond acceptors (Lipinski definition) is 4. The molecular formula is C24H21ClN2O3S. The topological polar surface area (TPSA) is 59.5 Å². The van der Waals surface area contributed by atoms with Crippen molar-refractivity contribution >= 4 is 32.5 Å². The number of ether oxygens (including phenoxy) is 1. The number of sulfonamides is 1. The summed E-state index contributed by atoms with van der Waals surface area (Å²) in [5, 5.41) is 1.59. The van der Waals surface area contributed by atoms with Gasteiger partial charge in [0.05, 0.1) is 15.4 Å². The molecule has 4 aromatic rings. The molecule has 0 fully saturated rings. The Balaban J connectivity index is 1.69. The molecular weight excluding hydrogens is 432 g/mol. The van der Waals surface area contributed by atoms with Crippen LogP contribution >= 0.6 is 11.6 Å². The van der Waals surface area contributed by atoms with E-state index in [0.717, 1.165) is 27.6 Å². The summed E-state index contributed by atoms with van der Waals surface area (Å²) in [6.07, 6.45) is 1.82. The van der Waals surface area contributed by atoms with Gasteiger partial charge in [0.15, 0.2) is 0 Å². The van der Waals surface area contributed by atoms with Crippen molar-refractivity contribution in [1.82, 2.24) is 9.29 Å². The summed E-state index contributed by atoms with van der Waals surface area (Å²) in [5.41, 5.74) is 3.82. The summed E-state index contributed by atoms with van der Waals surface area (Å²) < 4.78 is 31.6. The van der Waals surface area contributed by atoms with Crippen LogP contribution in [0.25, 0.3) is 22.0 Å². The number of pyridine rings is 1. The van der Waals surface area contributed by atoms with Gasteiger partial charge in [-0.1, -0.05) is 35.9 Å². The van der Waals surface area contributed by atoms with Gasteiger partial charge in [-0.3, -0.25) is 4.98 Å². The number of halogens is 1. The molecule has 0 saturated heterocycles. The predicted octanol–water partition coefficient (Wildman–Crippen LogP) is 5.91. The zero-order valence-corrected chi connectivity index (χ0v) is 18.9. The Morgan fingerprint density at radius 2 is 1.65 bits per heavy atom. The molecule has 0 aliphatic carbocycles. The van der Waals surface area contributed by atoms with E-state index in [-0.39, 0.29) is 4.90 Å². The van der Waals surface area contributed by atoms with E-state index >= 15 is 0 Å². The van der Waals surface area contributed by atoms with Crippen LogP contribution in [0, 0.1) is 6.92 Å². The molecule has 0 amide bonds. The lowest BCUT2D eigenvalue weighted by atomic mass is 9.97. The quantitative estimate of drug-likeness (QED) is 0.378. The third kappa shape index (κ3) is 4.14. The van der Waals surface area contributed by atoms with Crippen LogP contribution in [-0.4, -0.2) is 31.8 Å². The van der Waals surface area contributed by atoms with Crippen molar-refractivity contribution in [3.63, 3.8) is 0 Å². The zero-order valence-electron chi connectivity index (χ0n) is 17.3. The maximum absolute atomic E-state index is 12.2. The summed E-state index contributed by atoms with van der Waals surface area (Å²) in [7, 11) is -0.471. The van der Waals surface area contributed by atoms with Crippen molar-refractivity contribution in [3.05, 3.63) is 83.5 Å². The van der Waals surface area contributed by atoms with Crippen LogP contribution in [0.3, 0.4) is 0 Å². The molecule has 0 unspecified atom stereocenters. The molecule has 1 heterocycles. The number of rotatable bonds is 5. The molecule has 3 aromatic carbocycles. The first-order valence-electron chi connectivity index (χ1n) is 9.62. The minimum Gasteiger partial charge on any atom is -0.457 e. The third-order valence-electron chi connectivity index (χ3n) is 5.00. The lowest BCUT2D eigenvalue weighted by Gasteiger charge is -2.13. The Labute approximate surface area is 186 Å². The average Bonchev–Trinajstić information content (AvgIpc) is 2.74. The van der Waals surface area contributed by atoms with Crippen molar-refractivity contribution in [2.75, 3.05) is 14.1 Å². The summed E-state index contributed by atoms with van der Waals surface area (Å²) in [4.78, 5) is 4.70. The van der Waals surface area contributed by atoms with Gasteiger partial charge in [-0.05, 0) is 66.1 Å². The minimum absolute atomic E-state index is 0.217. The molecule has 0 aliphatic heterocycles. The van der Waals surface area contributed by atoms with E-state index in [2.05, 4.69) is 4.98 Å². The van der Waals surface area contributed by atoms with Gasteiger partial charge in [0, 0.05) is 25.7 Å². The summed E-state index contributed by atoms with van der Waals surface area (Å²) in [5.74, 6) is 1.20. The monoisotopic (exact) mass is 452 g/mol. The highest BCUT2D eigenvalue weighted by atomic mass is 35.5. The Bertz CT molecular complexity index is 1370. The van der Waals surface area contributed by atoms with Crippen LogP contribution in [0.5, 0.6) is 11.5 Å². The second-order valence-corrected chi connectivity index (χ2v) is 9.90. The maximum Gasteiger partial charge on any atom is 0.242 e. The average molecular weight is 453 g/mol. The first-order valence-corrected chi connectivity index (χ1v) is 11.4. The Hall–Kier alpha value is -2.93. The SMILES string of the molecule is Cc1cnc2c(Cl)cccc2c1-c1cccc(Oc2ccc(S(=O)(=O)N(C)C)cc2)c1. The van der Waals surface area contributed by atoms with Gasteiger partial charge in [0.2, 0.25) is 10.0 Å². The highest BCUT2D eigenvalue weighted by Crippen LogP contribution is 2.35. The lowest BCUT2D eigenvalue weighted by molar-refractivity contribution is 0.482. The largest absolute Gasteiger partial charge is 0.457 e. The van der Waals surface area contributed by atoms with Gasteiger partial charge >= 0.3 is 0 Å². The van der Waals surface area contributed by atoms with Crippen LogP contribution in [0.4, 0.5) is 0 Å². The number of fused-ring (bicyclic) bond motifs is 1. The highest BCUT2D eigenvalue weighted by Gasteiger charge is 2.17. The maximum atomic E-state index is 12.2. The molecule has 0 radical (unpaired) electrons. The van der Waals surface area contributed by atoms with Crippen molar-refractivity contribution in [1.29, 1.82) is 0 Å². The van der Waals surface area contributed by atoms with Crippen LogP contribution in [0.15, 0.2) is 77.8 Å². The fourth-order valence-electron chi connectivity index (χ4n) is 3.41. The molecule has 4 rings (SSSR count). The van der Waals surface area contributed by atoms with Gasteiger partial charge in [0.1, 0.15) is 11.5 Å². The van der Waals surface area contributed by atoms with Crippen molar-refractivity contribution in [2.24, 2.45) is 0 Å². The number of para-hydroxylation sites is 1. The normalized spacial score (nSPS) is 11.8. The fourth-order valence-corrected chi connectivity index (χ4v) is 4.54. The van der Waals surface area contributed by atoms with Crippen LogP contribution in [0.2, 0.25) is 5.02 Å². The summed E-state index contributed by atoms with van der Waals surface area (Å²) in [6.45, 7) is 2.01. The number of aryl methyl sites for hydroxylation is 1. The summed E-state index contributed by atoms with van der Waals surface area (Å²) >= 11 is 6.34. The van der Waals surface area contributed by atoms with Crippen molar-refractivity contribution in [2.45, 2.75) is 11.8 Å². The molecule has 31 heavy (non-hydrogen) atoms. The third-order valence-corrected chi connectivity index (χ3v) is 7.13. The fraction of sp³-hybridized carbons (Fsp3) is 0.125. The van der Waals surface area contributed by atoms with Crippen LogP contribution in [0.1, 0.15) is 5.56 Å².